The van der Waals surface area contributed by atoms with Crippen molar-refractivity contribution >= 4 is 16.0 Å². The molecule has 0 saturated carbocycles. The zero-order valence-corrected chi connectivity index (χ0v) is 12.4. The fourth-order valence-corrected chi connectivity index (χ4v) is 2.07. The van der Waals surface area contributed by atoms with Crippen LogP contribution in [0.3, 0.4) is 0 Å². The van der Waals surface area contributed by atoms with E-state index in [0.717, 1.165) is 11.3 Å². The van der Waals surface area contributed by atoms with Crippen LogP contribution in [0.25, 0.3) is 11.3 Å². The van der Waals surface area contributed by atoms with E-state index in [1.54, 1.807) is 29.2 Å². The van der Waals surface area contributed by atoms with Crippen LogP contribution in [-0.2, 0) is 21.5 Å². The molecule has 0 aliphatic rings. The van der Waals surface area contributed by atoms with Crippen molar-refractivity contribution in [3.05, 3.63) is 43.1 Å². The van der Waals surface area contributed by atoms with Gasteiger partial charge in [0.1, 0.15) is 12.2 Å². The lowest BCUT2D eigenvalue weighted by atomic mass is 10.2. The molecule has 0 aromatic carbocycles. The number of aryl methyl sites for hydroxylation is 1. The van der Waals surface area contributed by atoms with Crippen molar-refractivity contribution in [1.29, 1.82) is 0 Å². The molecule has 0 aliphatic carbocycles. The summed E-state index contributed by atoms with van der Waals surface area (Å²) >= 11 is 0. The van der Waals surface area contributed by atoms with Crippen LogP contribution in [0.5, 0.6) is 0 Å². The van der Waals surface area contributed by atoms with Gasteiger partial charge in [0.25, 0.3) is 10.1 Å². The molecule has 0 fully saturated rings. The molecule has 116 valence electrons. The number of hydrogen-bond acceptors (Lipinski definition) is 5. The van der Waals surface area contributed by atoms with Crippen LogP contribution in [0, 0.1) is 0 Å². The monoisotopic (exact) mass is 323 g/mol. The third kappa shape index (κ3) is 5.19. The first-order chi connectivity index (χ1) is 10.4. The highest BCUT2D eigenvalue weighted by Crippen LogP contribution is 2.12. The fraction of sp³-hybridized carbons (Fsp3) is 0.231. The predicted molar refractivity (Wildman–Crippen MR) is 76.8 cm³/mol. The minimum absolute atomic E-state index is 0.104. The van der Waals surface area contributed by atoms with Crippen LogP contribution in [0.4, 0.5) is 0 Å². The van der Waals surface area contributed by atoms with E-state index in [1.165, 1.54) is 6.33 Å². The molecule has 2 aromatic heterocycles. The standard InChI is InChI=1S/C13H14N4O4S/c18-13(16-10-22(19,20)21)4-8-17-6-2-11(3-7-17)12-1-5-14-9-15-12/h1-3,5-7,9H,4,8,10H2,(H-,16,18,19,20,21)/p+1. The van der Waals surface area contributed by atoms with E-state index >= 15 is 0 Å². The second-order valence-corrected chi connectivity index (χ2v) is 5.95. The lowest BCUT2D eigenvalue weighted by Gasteiger charge is -2.02. The molecule has 2 N–H and O–H groups in total. The summed E-state index contributed by atoms with van der Waals surface area (Å²) in [6.45, 7) is 0.390. The van der Waals surface area contributed by atoms with Crippen molar-refractivity contribution < 1.29 is 22.3 Å². The van der Waals surface area contributed by atoms with Crippen LogP contribution in [-0.4, -0.2) is 34.7 Å². The zero-order chi connectivity index (χ0) is 16.0. The van der Waals surface area contributed by atoms with Gasteiger partial charge in [-0.3, -0.25) is 9.35 Å². The third-order valence-electron chi connectivity index (χ3n) is 2.82. The summed E-state index contributed by atoms with van der Waals surface area (Å²) in [6, 6.07) is 5.51. The van der Waals surface area contributed by atoms with Crippen LogP contribution in [0.1, 0.15) is 6.42 Å². The average molecular weight is 323 g/mol. The Kier molecular flexibility index (Phi) is 5.12. The molecule has 2 aromatic rings. The summed E-state index contributed by atoms with van der Waals surface area (Å²) in [6.07, 6.45) is 6.83. The number of hydrogen-bond donors (Lipinski definition) is 2. The van der Waals surface area contributed by atoms with Crippen molar-refractivity contribution in [2.75, 3.05) is 5.88 Å². The van der Waals surface area contributed by atoms with Gasteiger partial charge in [0, 0.05) is 23.9 Å². The Morgan fingerprint density at radius 2 is 2.00 bits per heavy atom. The van der Waals surface area contributed by atoms with E-state index in [2.05, 4.69) is 15.3 Å². The first-order valence-corrected chi connectivity index (χ1v) is 8.02. The maximum Gasteiger partial charge on any atom is 0.283 e. The second kappa shape index (κ2) is 7.05. The highest BCUT2D eigenvalue weighted by Gasteiger charge is 2.10. The van der Waals surface area contributed by atoms with Gasteiger partial charge in [0.05, 0.1) is 12.1 Å². The van der Waals surface area contributed by atoms with Crippen LogP contribution in [0.15, 0.2) is 43.1 Å². The molecule has 9 heteroatoms. The smallest absolute Gasteiger partial charge is 0.283 e. The molecular formula is C13H15N4O4S+. The van der Waals surface area contributed by atoms with Gasteiger partial charge in [-0.25, -0.2) is 14.5 Å². The highest BCUT2D eigenvalue weighted by atomic mass is 32.2. The molecule has 22 heavy (non-hydrogen) atoms. The SMILES string of the molecule is O=C(CC[n+]1ccc(-c2ccncn2)cc1)NCS(=O)(=O)O. The van der Waals surface area contributed by atoms with Crippen LogP contribution in [0.2, 0.25) is 0 Å². The number of carbonyl (C=O) groups excluding carboxylic acids is 1. The molecule has 2 heterocycles. The molecule has 0 saturated heterocycles. The lowest BCUT2D eigenvalue weighted by Crippen LogP contribution is -2.37. The molecule has 8 nitrogen and oxygen atoms in total. The van der Waals surface area contributed by atoms with Crippen LogP contribution >= 0.6 is 0 Å². The minimum atomic E-state index is -4.19. The summed E-state index contributed by atoms with van der Waals surface area (Å²) in [5.74, 6) is -1.23. The Bertz CT molecular complexity index is 732. The van der Waals surface area contributed by atoms with Gasteiger partial charge in [-0.15, -0.1) is 0 Å². The number of pyridine rings is 1. The zero-order valence-electron chi connectivity index (χ0n) is 11.6. The first kappa shape index (κ1) is 16.0. The minimum Gasteiger partial charge on any atom is -0.340 e. The van der Waals surface area contributed by atoms with E-state index in [-0.39, 0.29) is 6.42 Å². The topological polar surface area (TPSA) is 113 Å². The molecule has 0 radical (unpaired) electrons. The molecule has 0 spiro atoms. The van der Waals surface area contributed by atoms with Gasteiger partial charge in [-0.2, -0.15) is 8.42 Å². The molecule has 0 atom stereocenters. The van der Waals surface area contributed by atoms with Crippen molar-refractivity contribution in [1.82, 2.24) is 15.3 Å². The van der Waals surface area contributed by atoms with E-state index in [4.69, 9.17) is 4.55 Å². The molecule has 0 aliphatic heterocycles. The van der Waals surface area contributed by atoms with E-state index in [9.17, 15) is 13.2 Å². The van der Waals surface area contributed by atoms with E-state index < -0.39 is 21.9 Å². The maximum absolute atomic E-state index is 11.4. The van der Waals surface area contributed by atoms with Gasteiger partial charge in [-0.1, -0.05) is 0 Å². The molecule has 1 amide bonds. The maximum atomic E-state index is 11.4. The van der Waals surface area contributed by atoms with Crippen molar-refractivity contribution in [2.24, 2.45) is 0 Å². The van der Waals surface area contributed by atoms with E-state index in [1.807, 2.05) is 12.1 Å². The molecule has 2 rings (SSSR count). The van der Waals surface area contributed by atoms with Gasteiger partial charge in [0.15, 0.2) is 18.9 Å². The summed E-state index contributed by atoms with van der Waals surface area (Å²) in [5, 5.41) is 2.12. The van der Waals surface area contributed by atoms with Crippen molar-refractivity contribution in [3.8, 4) is 11.3 Å². The van der Waals surface area contributed by atoms with Gasteiger partial charge < -0.3 is 5.32 Å². The molecule has 0 bridgehead atoms. The largest absolute Gasteiger partial charge is 0.340 e. The summed E-state index contributed by atoms with van der Waals surface area (Å²) in [7, 11) is -4.19. The Hall–Kier alpha value is -2.39. The van der Waals surface area contributed by atoms with Crippen molar-refractivity contribution in [2.45, 2.75) is 13.0 Å². The molecular weight excluding hydrogens is 308 g/mol. The Morgan fingerprint density at radius 1 is 1.27 bits per heavy atom. The highest BCUT2D eigenvalue weighted by molar-refractivity contribution is 7.85. The Labute approximate surface area is 127 Å². The van der Waals surface area contributed by atoms with Gasteiger partial charge >= 0.3 is 0 Å². The fourth-order valence-electron chi connectivity index (χ4n) is 1.73. The average Bonchev–Trinajstić information content (AvgIpc) is 2.51. The quantitative estimate of drug-likeness (QED) is 0.561. The Balaban J connectivity index is 1.88. The third-order valence-corrected chi connectivity index (χ3v) is 3.33. The number of aromatic nitrogens is 3. The summed E-state index contributed by atoms with van der Waals surface area (Å²) < 4.78 is 31.3. The van der Waals surface area contributed by atoms with Gasteiger partial charge in [0.2, 0.25) is 5.91 Å². The predicted octanol–water partition coefficient (Wildman–Crippen LogP) is -0.217. The molecule has 0 unspecified atom stereocenters. The van der Waals surface area contributed by atoms with Gasteiger partial charge in [-0.05, 0) is 6.07 Å². The summed E-state index contributed by atoms with van der Waals surface area (Å²) in [5.41, 5.74) is 1.72. The van der Waals surface area contributed by atoms with Crippen molar-refractivity contribution in [3.63, 3.8) is 0 Å². The normalized spacial score (nSPS) is 11.1. The number of nitrogens with one attached hydrogen (secondary N) is 1. The van der Waals surface area contributed by atoms with Crippen LogP contribution < -0.4 is 9.88 Å². The lowest BCUT2D eigenvalue weighted by molar-refractivity contribution is -0.695. The number of nitrogens with zero attached hydrogens (tertiary/aromatic N) is 3. The number of rotatable bonds is 6. The summed E-state index contributed by atoms with van der Waals surface area (Å²) in [4.78, 5) is 19.4. The van der Waals surface area contributed by atoms with E-state index in [0.29, 0.717) is 6.54 Å². The number of carbonyl (C=O) groups is 1. The first-order valence-electron chi connectivity index (χ1n) is 6.41. The number of amides is 1. The Morgan fingerprint density at radius 3 is 2.59 bits per heavy atom. The second-order valence-electron chi connectivity index (χ2n) is 4.50.